The van der Waals surface area contributed by atoms with E-state index < -0.39 is 0 Å². The molecule has 272 valence electrons. The third-order valence-electron chi connectivity index (χ3n) is 18.4. The number of aromatic amines is 1. The minimum atomic E-state index is -0.267. The number of amides is 1. The molecule has 0 unspecified atom stereocenters. The summed E-state index contributed by atoms with van der Waals surface area (Å²) in [5, 5.41) is 11.2. The monoisotopic (exact) mass is 683 g/mol. The summed E-state index contributed by atoms with van der Waals surface area (Å²) in [5.74, 6) is 4.01. The van der Waals surface area contributed by atoms with Crippen LogP contribution < -0.4 is 0 Å². The predicted molar refractivity (Wildman–Crippen MR) is 195 cm³/mol. The number of carbonyl (C=O) groups is 1. The van der Waals surface area contributed by atoms with Gasteiger partial charge in [-0.05, 0) is 176 Å². The number of nitrogens with zero attached hydrogens (tertiary/aromatic N) is 2. The summed E-state index contributed by atoms with van der Waals surface area (Å²) in [6, 6.07) is 6.56. The number of likely N-dealkylation sites (tertiary alicyclic amines) is 1. The minimum absolute atomic E-state index is 0.0240. The predicted octanol–water partition coefficient (Wildman–Crippen LogP) is 10.1. The zero-order valence-corrected chi connectivity index (χ0v) is 31.7. The first-order chi connectivity index (χ1) is 23.7. The van der Waals surface area contributed by atoms with Gasteiger partial charge in [-0.3, -0.25) is 4.79 Å². The zero-order chi connectivity index (χ0) is 35.1. The molecule has 11 atom stereocenters. The average Bonchev–Trinajstić information content (AvgIpc) is 3.48. The van der Waals surface area contributed by atoms with E-state index in [1.54, 1.807) is 12.1 Å². The third-order valence-corrected chi connectivity index (χ3v) is 18.4. The molecule has 2 heterocycles. The molecule has 1 aromatic carbocycles. The number of hydrogen-bond acceptors (Lipinski definition) is 3. The molecule has 1 saturated heterocycles. The molecule has 0 bridgehead atoms. The number of fused-ring (bicyclic) bond motifs is 7. The number of rotatable bonds is 4. The molecule has 2 N–H and O–H groups in total. The highest BCUT2D eigenvalue weighted by molar-refractivity contribution is 5.84. The normalized spacial score (nSPS) is 45.7. The van der Waals surface area contributed by atoms with Crippen LogP contribution in [0, 0.1) is 67.9 Å². The summed E-state index contributed by atoms with van der Waals surface area (Å²) >= 11 is 0. The third kappa shape index (κ3) is 4.38. The number of imidazole rings is 1. The van der Waals surface area contributed by atoms with E-state index in [0.29, 0.717) is 40.9 Å². The molecular weight excluding hydrogens is 622 g/mol. The summed E-state index contributed by atoms with van der Waals surface area (Å²) < 4.78 is 13.7. The van der Waals surface area contributed by atoms with Gasteiger partial charge in [0.25, 0.3) is 0 Å². The van der Waals surface area contributed by atoms with Gasteiger partial charge in [-0.2, -0.15) is 0 Å². The zero-order valence-electron chi connectivity index (χ0n) is 31.7. The Morgan fingerprint density at radius 3 is 2.32 bits per heavy atom. The summed E-state index contributed by atoms with van der Waals surface area (Å²) in [5.41, 5.74) is 2.65. The Kier molecular flexibility index (Phi) is 7.34. The van der Waals surface area contributed by atoms with Gasteiger partial charge in [0.2, 0.25) is 5.91 Å². The molecule has 50 heavy (non-hydrogen) atoms. The highest BCUT2D eigenvalue weighted by Crippen LogP contribution is 2.79. The highest BCUT2D eigenvalue weighted by atomic mass is 19.1. The molecule has 7 aliphatic rings. The lowest BCUT2D eigenvalue weighted by Crippen LogP contribution is -2.67. The first-order valence-electron chi connectivity index (χ1n) is 20.5. The van der Waals surface area contributed by atoms with Gasteiger partial charge in [-0.25, -0.2) is 9.37 Å². The van der Waals surface area contributed by atoms with Gasteiger partial charge in [0.15, 0.2) is 0 Å². The molecule has 6 saturated carbocycles. The van der Waals surface area contributed by atoms with E-state index in [-0.39, 0.29) is 45.0 Å². The van der Waals surface area contributed by atoms with Crippen LogP contribution in [0.25, 0.3) is 11.3 Å². The molecule has 7 fully saturated rings. The molecule has 1 amide bonds. The molecule has 2 aromatic rings. The molecule has 6 aliphatic carbocycles. The van der Waals surface area contributed by atoms with Crippen molar-refractivity contribution < 1.29 is 14.3 Å². The maximum Gasteiger partial charge on any atom is 0.229 e. The van der Waals surface area contributed by atoms with Crippen LogP contribution >= 0.6 is 0 Å². The van der Waals surface area contributed by atoms with Crippen LogP contribution in [0.2, 0.25) is 0 Å². The van der Waals surface area contributed by atoms with Crippen molar-refractivity contribution in [3.8, 4) is 11.3 Å². The SMILES string of the molecule is CC1([C@@H]2CC[C@]3(C(=O)N4CCC[C@H]4c4ncc(-c5ccc(F)cc5)[nH]4)CC[C@]4(C)[C@H](CC[C@@H]5[C@@]6(C)CC[C@H](O)C(C)(C)[C@@H]6CC[C@]54C)[C@@H]23)CC1. The molecule has 1 aliphatic heterocycles. The van der Waals surface area contributed by atoms with Crippen molar-refractivity contribution in [3.05, 3.63) is 42.1 Å². The second-order valence-corrected chi connectivity index (χ2v) is 20.4. The first kappa shape index (κ1) is 33.6. The van der Waals surface area contributed by atoms with Gasteiger partial charge in [-0.15, -0.1) is 0 Å². The maximum absolute atomic E-state index is 15.5. The number of nitrogens with one attached hydrogen (secondary N) is 1. The number of aliphatic hydroxyl groups excluding tert-OH is 1. The largest absolute Gasteiger partial charge is 0.393 e. The van der Waals surface area contributed by atoms with E-state index >= 15 is 4.79 Å². The summed E-state index contributed by atoms with van der Waals surface area (Å²) in [6.45, 7) is 16.1. The van der Waals surface area contributed by atoms with E-state index in [2.05, 4.69) is 51.4 Å². The van der Waals surface area contributed by atoms with Crippen molar-refractivity contribution >= 4 is 5.91 Å². The Hall–Kier alpha value is -2.21. The lowest BCUT2D eigenvalue weighted by atomic mass is 9.32. The van der Waals surface area contributed by atoms with Crippen LogP contribution in [0.4, 0.5) is 4.39 Å². The van der Waals surface area contributed by atoms with Gasteiger partial charge in [-0.1, -0.05) is 41.5 Å². The highest BCUT2D eigenvalue weighted by Gasteiger charge is 2.73. The van der Waals surface area contributed by atoms with Crippen molar-refractivity contribution in [1.29, 1.82) is 0 Å². The first-order valence-corrected chi connectivity index (χ1v) is 20.5. The van der Waals surface area contributed by atoms with Crippen molar-refractivity contribution in [2.75, 3.05) is 6.54 Å². The van der Waals surface area contributed by atoms with Crippen molar-refractivity contribution in [2.45, 2.75) is 144 Å². The Morgan fingerprint density at radius 1 is 0.820 bits per heavy atom. The molecule has 5 nitrogen and oxygen atoms in total. The Balaban J connectivity index is 1.05. The number of aromatic nitrogens is 2. The quantitative estimate of drug-likeness (QED) is 0.337. The van der Waals surface area contributed by atoms with Crippen molar-refractivity contribution in [2.24, 2.45) is 62.1 Å². The van der Waals surface area contributed by atoms with Gasteiger partial charge >= 0.3 is 0 Å². The molecular formula is C44H62FN3O2. The van der Waals surface area contributed by atoms with Crippen LogP contribution in [0.5, 0.6) is 0 Å². The van der Waals surface area contributed by atoms with Crippen molar-refractivity contribution in [3.63, 3.8) is 0 Å². The summed E-state index contributed by atoms with van der Waals surface area (Å²) in [4.78, 5) is 26.2. The Bertz CT molecular complexity index is 1660. The molecule has 9 rings (SSSR count). The topological polar surface area (TPSA) is 69.2 Å². The van der Waals surface area contributed by atoms with Crippen LogP contribution in [0.15, 0.2) is 30.5 Å². The molecule has 6 heteroatoms. The number of hydrogen-bond donors (Lipinski definition) is 2. The number of carbonyl (C=O) groups excluding carboxylic acids is 1. The second-order valence-electron chi connectivity index (χ2n) is 20.4. The molecule has 1 aromatic heterocycles. The summed E-state index contributed by atoms with van der Waals surface area (Å²) in [7, 11) is 0. The second kappa shape index (κ2) is 10.9. The number of aliphatic hydroxyl groups is 1. The lowest BCUT2D eigenvalue weighted by molar-refractivity contribution is -0.249. The van der Waals surface area contributed by atoms with E-state index in [1.807, 2.05) is 6.20 Å². The van der Waals surface area contributed by atoms with Crippen LogP contribution in [-0.4, -0.2) is 38.5 Å². The number of H-pyrrole nitrogens is 1. The Morgan fingerprint density at radius 2 is 1.58 bits per heavy atom. The van der Waals surface area contributed by atoms with Crippen LogP contribution in [0.3, 0.4) is 0 Å². The minimum Gasteiger partial charge on any atom is -0.393 e. The fourth-order valence-electron chi connectivity index (χ4n) is 15.2. The summed E-state index contributed by atoms with van der Waals surface area (Å²) in [6.07, 6.45) is 17.8. The van der Waals surface area contributed by atoms with E-state index in [1.165, 1.54) is 57.1 Å². The molecule has 0 radical (unpaired) electrons. The number of halogens is 1. The van der Waals surface area contributed by atoms with E-state index in [4.69, 9.17) is 4.98 Å². The number of benzene rings is 1. The van der Waals surface area contributed by atoms with Crippen LogP contribution in [0.1, 0.15) is 143 Å². The lowest BCUT2D eigenvalue weighted by Gasteiger charge is -2.73. The average molecular weight is 684 g/mol. The fraction of sp³-hybridized carbons (Fsp3) is 0.773. The van der Waals surface area contributed by atoms with Gasteiger partial charge in [0, 0.05) is 6.54 Å². The maximum atomic E-state index is 15.5. The van der Waals surface area contributed by atoms with Gasteiger partial charge < -0.3 is 15.0 Å². The van der Waals surface area contributed by atoms with E-state index in [9.17, 15) is 9.50 Å². The van der Waals surface area contributed by atoms with Crippen molar-refractivity contribution in [1.82, 2.24) is 14.9 Å². The fourth-order valence-corrected chi connectivity index (χ4v) is 15.2. The van der Waals surface area contributed by atoms with Gasteiger partial charge in [0.05, 0.1) is 29.5 Å². The molecule has 0 spiro atoms. The van der Waals surface area contributed by atoms with Crippen LogP contribution in [-0.2, 0) is 4.79 Å². The van der Waals surface area contributed by atoms with E-state index in [0.717, 1.165) is 68.6 Å². The standard InChI is InChI=1S/C44H62FN3O2/c1-39(2)33-16-19-43(6)34(41(33,4)18-17-35(39)49)14-13-30-36-29(40(3)21-22-40)15-20-44(36,24-23-42(30,43)5)38(50)48-25-7-8-32(48)37-46-26-31(47-37)27-9-11-28(45)12-10-27/h9-12,26,29-30,32-36,49H,7-8,13-25H2,1-6H3,(H,46,47)/t29-,30-,32+,33+,34-,35+,36-,41+,42-,43-,44+/m1/s1. The van der Waals surface area contributed by atoms with Gasteiger partial charge in [0.1, 0.15) is 11.6 Å². The Labute approximate surface area is 300 Å². The smallest absolute Gasteiger partial charge is 0.229 e.